The molecule has 2 aromatic rings. The van der Waals surface area contributed by atoms with Gasteiger partial charge < -0.3 is 5.11 Å². The lowest BCUT2D eigenvalue weighted by molar-refractivity contribution is -0.143. The SMILES string of the molecule is O=c1cc(C(F)(F)F)n(-c2ccc(O)cc2F)c(=O)[nH]1. The van der Waals surface area contributed by atoms with Gasteiger partial charge in [-0.25, -0.2) is 9.18 Å². The van der Waals surface area contributed by atoms with Crippen LogP contribution in [0.2, 0.25) is 0 Å². The van der Waals surface area contributed by atoms with Crippen molar-refractivity contribution in [3.05, 3.63) is 56.6 Å². The zero-order chi connectivity index (χ0) is 15.1. The molecular weight excluding hydrogens is 284 g/mol. The van der Waals surface area contributed by atoms with E-state index in [4.69, 9.17) is 5.11 Å². The van der Waals surface area contributed by atoms with E-state index in [1.54, 1.807) is 4.98 Å². The summed E-state index contributed by atoms with van der Waals surface area (Å²) < 4.78 is 52.1. The third kappa shape index (κ3) is 2.42. The lowest BCUT2D eigenvalue weighted by Gasteiger charge is -2.14. The van der Waals surface area contributed by atoms with Crippen LogP contribution in [0.25, 0.3) is 5.69 Å². The molecule has 1 heterocycles. The van der Waals surface area contributed by atoms with E-state index >= 15 is 0 Å². The molecule has 1 aromatic carbocycles. The third-order valence-electron chi connectivity index (χ3n) is 2.40. The van der Waals surface area contributed by atoms with Crippen LogP contribution in [0.1, 0.15) is 5.69 Å². The molecule has 0 saturated carbocycles. The number of hydrogen-bond acceptors (Lipinski definition) is 3. The summed E-state index contributed by atoms with van der Waals surface area (Å²) in [5.74, 6) is -1.76. The van der Waals surface area contributed by atoms with Crippen molar-refractivity contribution < 1.29 is 22.7 Å². The van der Waals surface area contributed by atoms with Gasteiger partial charge in [0.1, 0.15) is 11.4 Å². The van der Waals surface area contributed by atoms with Crippen molar-refractivity contribution in [3.8, 4) is 11.4 Å². The molecule has 0 radical (unpaired) electrons. The van der Waals surface area contributed by atoms with Crippen LogP contribution in [0.15, 0.2) is 33.9 Å². The molecule has 0 spiro atoms. The Morgan fingerprint density at radius 2 is 1.80 bits per heavy atom. The van der Waals surface area contributed by atoms with Crippen molar-refractivity contribution in [3.63, 3.8) is 0 Å². The Labute approximate surface area is 107 Å². The van der Waals surface area contributed by atoms with Crippen molar-refractivity contribution in [2.24, 2.45) is 0 Å². The number of aromatic nitrogens is 2. The number of nitrogens with zero attached hydrogens (tertiary/aromatic N) is 1. The fourth-order valence-electron chi connectivity index (χ4n) is 1.62. The lowest BCUT2D eigenvalue weighted by atomic mass is 10.2. The summed E-state index contributed by atoms with van der Waals surface area (Å²) in [5.41, 5.74) is -5.04. The highest BCUT2D eigenvalue weighted by Crippen LogP contribution is 2.30. The fourth-order valence-corrected chi connectivity index (χ4v) is 1.62. The normalized spacial score (nSPS) is 11.6. The summed E-state index contributed by atoms with van der Waals surface area (Å²) in [4.78, 5) is 24.1. The van der Waals surface area contributed by atoms with Gasteiger partial charge in [0.2, 0.25) is 0 Å². The van der Waals surface area contributed by atoms with Crippen LogP contribution >= 0.6 is 0 Å². The minimum Gasteiger partial charge on any atom is -0.508 e. The first-order chi connectivity index (χ1) is 9.20. The molecular formula is C11H6F4N2O3. The van der Waals surface area contributed by atoms with Gasteiger partial charge in [0.05, 0.1) is 5.69 Å². The van der Waals surface area contributed by atoms with E-state index in [0.717, 1.165) is 12.1 Å². The highest BCUT2D eigenvalue weighted by molar-refractivity contribution is 5.40. The Bertz CT molecular complexity index is 776. The van der Waals surface area contributed by atoms with Crippen LogP contribution in [0.4, 0.5) is 17.6 Å². The highest BCUT2D eigenvalue weighted by atomic mass is 19.4. The second kappa shape index (κ2) is 4.51. The lowest BCUT2D eigenvalue weighted by Crippen LogP contribution is -2.34. The largest absolute Gasteiger partial charge is 0.508 e. The van der Waals surface area contributed by atoms with E-state index in [2.05, 4.69) is 0 Å². The van der Waals surface area contributed by atoms with Crippen LogP contribution in [0.3, 0.4) is 0 Å². The molecule has 5 nitrogen and oxygen atoms in total. The number of nitrogens with one attached hydrogen (secondary N) is 1. The smallest absolute Gasteiger partial charge is 0.432 e. The molecule has 1 aromatic heterocycles. The number of aromatic hydroxyl groups is 1. The molecule has 2 rings (SSSR count). The topological polar surface area (TPSA) is 75.1 Å². The minimum absolute atomic E-state index is 0.0177. The molecule has 0 aliphatic carbocycles. The maximum atomic E-state index is 13.6. The molecule has 0 bridgehead atoms. The first-order valence-corrected chi connectivity index (χ1v) is 5.12. The molecule has 0 amide bonds. The molecule has 0 aliphatic rings. The quantitative estimate of drug-likeness (QED) is 0.779. The van der Waals surface area contributed by atoms with E-state index < -0.39 is 40.4 Å². The minimum atomic E-state index is -5.03. The third-order valence-corrected chi connectivity index (χ3v) is 2.40. The standard InChI is InChI=1S/C11H6F4N2O3/c12-6-3-5(18)1-2-7(6)17-8(11(13,14)15)4-9(19)16-10(17)20/h1-4,18H,(H,16,19,20). The van der Waals surface area contributed by atoms with E-state index in [9.17, 15) is 27.2 Å². The number of rotatable bonds is 1. The van der Waals surface area contributed by atoms with Gasteiger partial charge in [0.25, 0.3) is 5.56 Å². The van der Waals surface area contributed by atoms with Crippen molar-refractivity contribution >= 4 is 0 Å². The van der Waals surface area contributed by atoms with Crippen molar-refractivity contribution in [2.75, 3.05) is 0 Å². The molecule has 0 saturated heterocycles. The zero-order valence-corrected chi connectivity index (χ0v) is 9.53. The van der Waals surface area contributed by atoms with E-state index in [0.29, 0.717) is 6.07 Å². The maximum absolute atomic E-state index is 13.6. The number of phenols is 1. The number of phenolic OH excluding ortho intramolecular Hbond substituents is 1. The van der Waals surface area contributed by atoms with Crippen LogP contribution in [0.5, 0.6) is 5.75 Å². The summed E-state index contributed by atoms with van der Waals surface area (Å²) in [6.45, 7) is 0. The summed E-state index contributed by atoms with van der Waals surface area (Å²) in [7, 11) is 0. The second-order valence-electron chi connectivity index (χ2n) is 3.79. The zero-order valence-electron chi connectivity index (χ0n) is 9.53. The molecule has 0 unspecified atom stereocenters. The first-order valence-electron chi connectivity index (χ1n) is 5.12. The first kappa shape index (κ1) is 13.8. The van der Waals surface area contributed by atoms with Gasteiger partial charge >= 0.3 is 11.9 Å². The Morgan fingerprint density at radius 1 is 1.15 bits per heavy atom. The second-order valence-corrected chi connectivity index (χ2v) is 3.79. The van der Waals surface area contributed by atoms with Gasteiger partial charge in [-0.2, -0.15) is 13.2 Å². The van der Waals surface area contributed by atoms with Crippen molar-refractivity contribution in [2.45, 2.75) is 6.18 Å². The molecule has 2 N–H and O–H groups in total. The van der Waals surface area contributed by atoms with Gasteiger partial charge in [0.15, 0.2) is 5.82 Å². The van der Waals surface area contributed by atoms with Gasteiger partial charge in [-0.1, -0.05) is 0 Å². The predicted molar refractivity (Wildman–Crippen MR) is 59.3 cm³/mol. The van der Waals surface area contributed by atoms with Gasteiger partial charge in [-0.05, 0) is 12.1 Å². The van der Waals surface area contributed by atoms with E-state index in [-0.39, 0.29) is 10.6 Å². The van der Waals surface area contributed by atoms with Crippen molar-refractivity contribution in [1.29, 1.82) is 0 Å². The van der Waals surface area contributed by atoms with E-state index in [1.165, 1.54) is 0 Å². The average molecular weight is 290 g/mol. The summed E-state index contributed by atoms with van der Waals surface area (Å²) in [6, 6.07) is 2.40. The molecule has 106 valence electrons. The Kier molecular flexibility index (Phi) is 3.12. The Balaban J connectivity index is 2.86. The summed E-state index contributed by atoms with van der Waals surface area (Å²) >= 11 is 0. The van der Waals surface area contributed by atoms with Crippen LogP contribution in [0, 0.1) is 5.82 Å². The molecule has 0 atom stereocenters. The van der Waals surface area contributed by atoms with Crippen LogP contribution in [-0.2, 0) is 6.18 Å². The van der Waals surface area contributed by atoms with Gasteiger partial charge in [-0.3, -0.25) is 14.3 Å². The van der Waals surface area contributed by atoms with Gasteiger partial charge in [-0.15, -0.1) is 0 Å². The van der Waals surface area contributed by atoms with Crippen LogP contribution < -0.4 is 11.2 Å². The highest BCUT2D eigenvalue weighted by Gasteiger charge is 2.36. The summed E-state index contributed by atoms with van der Waals surface area (Å²) in [6.07, 6.45) is -5.03. The molecule has 9 heteroatoms. The van der Waals surface area contributed by atoms with Crippen molar-refractivity contribution in [1.82, 2.24) is 9.55 Å². The molecule has 0 aliphatic heterocycles. The maximum Gasteiger partial charge on any atom is 0.432 e. The Morgan fingerprint density at radius 3 is 2.35 bits per heavy atom. The summed E-state index contributed by atoms with van der Waals surface area (Å²) in [5, 5.41) is 9.02. The number of hydrogen-bond donors (Lipinski definition) is 2. The predicted octanol–water partition coefficient (Wildman–Crippen LogP) is 1.39. The number of aromatic amines is 1. The number of alkyl halides is 3. The molecule has 0 fully saturated rings. The average Bonchev–Trinajstić information content (AvgIpc) is 2.28. The van der Waals surface area contributed by atoms with E-state index in [1.807, 2.05) is 0 Å². The number of benzene rings is 1. The number of H-pyrrole nitrogens is 1. The van der Waals surface area contributed by atoms with Crippen LogP contribution in [-0.4, -0.2) is 14.7 Å². The monoisotopic (exact) mass is 290 g/mol. The molecule has 20 heavy (non-hydrogen) atoms. The number of halogens is 4. The van der Waals surface area contributed by atoms with Gasteiger partial charge in [0, 0.05) is 12.1 Å². The Hall–Kier alpha value is -2.58. The fraction of sp³-hybridized carbons (Fsp3) is 0.0909.